The molecule has 0 saturated heterocycles. The second kappa shape index (κ2) is 4.64. The molecule has 0 bridgehead atoms. The van der Waals surface area contributed by atoms with Gasteiger partial charge in [0.1, 0.15) is 12.1 Å². The average Bonchev–Trinajstić information content (AvgIpc) is 2.79. The Labute approximate surface area is 105 Å². The van der Waals surface area contributed by atoms with Crippen molar-refractivity contribution in [3.05, 3.63) is 40.2 Å². The Hall–Kier alpha value is -2.11. The number of rotatable bonds is 3. The normalized spacial score (nSPS) is 11.1. The average molecular weight is 247 g/mol. The van der Waals surface area contributed by atoms with Gasteiger partial charge in [-0.2, -0.15) is 5.10 Å². The molecular formula is C12H17N5O. The van der Waals surface area contributed by atoms with E-state index in [1.54, 1.807) is 6.92 Å². The Morgan fingerprint density at radius 1 is 1.44 bits per heavy atom. The fraction of sp³-hybridized carbons (Fsp3) is 0.417. The topological polar surface area (TPSA) is 78.7 Å². The number of nitrogens with zero attached hydrogens (tertiary/aromatic N) is 4. The molecule has 0 aliphatic rings. The summed E-state index contributed by atoms with van der Waals surface area (Å²) in [4.78, 5) is 15.9. The van der Waals surface area contributed by atoms with Crippen molar-refractivity contribution < 1.29 is 0 Å². The Morgan fingerprint density at radius 3 is 2.78 bits per heavy atom. The predicted molar refractivity (Wildman–Crippen MR) is 69.4 cm³/mol. The van der Waals surface area contributed by atoms with Crippen LogP contribution < -0.4 is 11.3 Å². The zero-order valence-corrected chi connectivity index (χ0v) is 10.8. The van der Waals surface area contributed by atoms with Gasteiger partial charge in [0.2, 0.25) is 0 Å². The molecule has 0 saturated carbocycles. The molecule has 0 aliphatic heterocycles. The van der Waals surface area contributed by atoms with Gasteiger partial charge in [0.15, 0.2) is 0 Å². The van der Waals surface area contributed by atoms with E-state index in [-0.39, 0.29) is 11.4 Å². The van der Waals surface area contributed by atoms with E-state index in [9.17, 15) is 4.79 Å². The molecule has 2 N–H and O–H groups in total. The second-order valence-electron chi connectivity index (χ2n) is 4.57. The summed E-state index contributed by atoms with van der Waals surface area (Å²) in [7, 11) is 0. The van der Waals surface area contributed by atoms with Crippen LogP contribution in [-0.2, 0) is 6.54 Å². The number of nitrogen functional groups attached to an aromatic ring is 1. The fourth-order valence-electron chi connectivity index (χ4n) is 1.64. The molecule has 6 nitrogen and oxygen atoms in total. The van der Waals surface area contributed by atoms with Crippen LogP contribution in [0.1, 0.15) is 31.1 Å². The van der Waals surface area contributed by atoms with Crippen LogP contribution in [0.3, 0.4) is 0 Å². The van der Waals surface area contributed by atoms with Crippen molar-refractivity contribution in [2.75, 3.05) is 5.73 Å². The molecule has 0 atom stereocenters. The van der Waals surface area contributed by atoms with Crippen LogP contribution >= 0.6 is 0 Å². The van der Waals surface area contributed by atoms with Gasteiger partial charge in [0.05, 0.1) is 17.8 Å². The number of anilines is 1. The lowest BCUT2D eigenvalue weighted by Crippen LogP contribution is -2.24. The Kier molecular flexibility index (Phi) is 3.18. The standard InChI is InChI=1S/C12H17N5O/c1-8(2)17-5-4-10(15-17)6-16-7-14-11(13)9(3)12(16)18/h4-5,7-8H,6,13H2,1-3H3. The van der Waals surface area contributed by atoms with E-state index in [1.807, 2.05) is 16.9 Å². The van der Waals surface area contributed by atoms with Gasteiger partial charge in [-0.25, -0.2) is 4.98 Å². The van der Waals surface area contributed by atoms with Gasteiger partial charge < -0.3 is 5.73 Å². The van der Waals surface area contributed by atoms with Crippen LogP contribution in [0.2, 0.25) is 0 Å². The zero-order valence-electron chi connectivity index (χ0n) is 10.8. The van der Waals surface area contributed by atoms with Crippen LogP contribution in [0.15, 0.2) is 23.4 Å². The largest absolute Gasteiger partial charge is 0.383 e. The summed E-state index contributed by atoms with van der Waals surface area (Å²) in [5.74, 6) is 0.281. The van der Waals surface area contributed by atoms with Gasteiger partial charge in [-0.3, -0.25) is 14.0 Å². The fourth-order valence-corrected chi connectivity index (χ4v) is 1.64. The van der Waals surface area contributed by atoms with Gasteiger partial charge in [-0.1, -0.05) is 0 Å². The summed E-state index contributed by atoms with van der Waals surface area (Å²) in [6, 6.07) is 2.21. The van der Waals surface area contributed by atoms with E-state index in [0.717, 1.165) is 5.69 Å². The summed E-state index contributed by atoms with van der Waals surface area (Å²) in [6.07, 6.45) is 3.36. The first-order chi connectivity index (χ1) is 8.49. The molecular weight excluding hydrogens is 230 g/mol. The highest BCUT2D eigenvalue weighted by Gasteiger charge is 2.07. The van der Waals surface area contributed by atoms with Gasteiger partial charge >= 0.3 is 0 Å². The lowest BCUT2D eigenvalue weighted by atomic mass is 10.3. The molecule has 96 valence electrons. The zero-order chi connectivity index (χ0) is 13.3. The maximum atomic E-state index is 11.9. The molecule has 6 heteroatoms. The molecule has 0 amide bonds. The summed E-state index contributed by atoms with van der Waals surface area (Å²) in [5.41, 5.74) is 6.76. The van der Waals surface area contributed by atoms with E-state index in [2.05, 4.69) is 23.9 Å². The minimum atomic E-state index is -0.124. The van der Waals surface area contributed by atoms with Crippen molar-refractivity contribution in [1.82, 2.24) is 19.3 Å². The Morgan fingerprint density at radius 2 is 2.17 bits per heavy atom. The van der Waals surface area contributed by atoms with Gasteiger partial charge in [-0.15, -0.1) is 0 Å². The van der Waals surface area contributed by atoms with Crippen LogP contribution in [-0.4, -0.2) is 19.3 Å². The first-order valence-corrected chi connectivity index (χ1v) is 5.84. The maximum absolute atomic E-state index is 11.9. The van der Waals surface area contributed by atoms with E-state index in [4.69, 9.17) is 5.73 Å². The van der Waals surface area contributed by atoms with Crippen molar-refractivity contribution in [3.8, 4) is 0 Å². The highest BCUT2D eigenvalue weighted by atomic mass is 16.1. The highest BCUT2D eigenvalue weighted by Crippen LogP contribution is 2.05. The van der Waals surface area contributed by atoms with Crippen molar-refractivity contribution >= 4 is 5.82 Å². The Balaban J connectivity index is 2.29. The van der Waals surface area contributed by atoms with Gasteiger partial charge in [0, 0.05) is 12.2 Å². The van der Waals surface area contributed by atoms with Crippen molar-refractivity contribution in [3.63, 3.8) is 0 Å². The number of nitrogens with two attached hydrogens (primary N) is 1. The molecule has 2 rings (SSSR count). The smallest absolute Gasteiger partial charge is 0.258 e. The molecule has 0 spiro atoms. The van der Waals surface area contributed by atoms with E-state index in [1.165, 1.54) is 10.9 Å². The third kappa shape index (κ3) is 2.27. The van der Waals surface area contributed by atoms with E-state index in [0.29, 0.717) is 18.2 Å². The highest BCUT2D eigenvalue weighted by molar-refractivity contribution is 5.35. The first kappa shape index (κ1) is 12.3. The third-order valence-corrected chi connectivity index (χ3v) is 2.83. The Bertz CT molecular complexity index is 611. The molecule has 0 fully saturated rings. The molecule has 0 aliphatic carbocycles. The third-order valence-electron chi connectivity index (χ3n) is 2.83. The minimum absolute atomic E-state index is 0.124. The lowest BCUT2D eigenvalue weighted by molar-refractivity contribution is 0.522. The van der Waals surface area contributed by atoms with Gasteiger partial charge in [0.25, 0.3) is 5.56 Å². The van der Waals surface area contributed by atoms with E-state index >= 15 is 0 Å². The van der Waals surface area contributed by atoms with Crippen LogP contribution in [0.4, 0.5) is 5.82 Å². The quantitative estimate of drug-likeness (QED) is 0.876. The maximum Gasteiger partial charge on any atom is 0.258 e. The van der Waals surface area contributed by atoms with E-state index < -0.39 is 0 Å². The molecule has 2 aromatic rings. The number of aromatic nitrogens is 4. The number of hydrogen-bond donors (Lipinski definition) is 1. The molecule has 0 radical (unpaired) electrons. The van der Waals surface area contributed by atoms with Crippen LogP contribution in [0, 0.1) is 6.92 Å². The first-order valence-electron chi connectivity index (χ1n) is 5.84. The molecule has 18 heavy (non-hydrogen) atoms. The second-order valence-corrected chi connectivity index (χ2v) is 4.57. The molecule has 0 aromatic carbocycles. The van der Waals surface area contributed by atoms with Gasteiger partial charge in [-0.05, 0) is 26.8 Å². The molecule has 2 aromatic heterocycles. The SMILES string of the molecule is Cc1c(N)ncn(Cc2ccn(C(C)C)n2)c1=O. The van der Waals surface area contributed by atoms with Crippen molar-refractivity contribution in [2.45, 2.75) is 33.4 Å². The lowest BCUT2D eigenvalue weighted by Gasteiger charge is -2.06. The monoisotopic (exact) mass is 247 g/mol. The van der Waals surface area contributed by atoms with Crippen LogP contribution in [0.25, 0.3) is 0 Å². The summed E-state index contributed by atoms with van der Waals surface area (Å²) in [5, 5.41) is 4.40. The van der Waals surface area contributed by atoms with Crippen molar-refractivity contribution in [1.29, 1.82) is 0 Å². The summed E-state index contributed by atoms with van der Waals surface area (Å²) in [6.45, 7) is 6.19. The predicted octanol–water partition coefficient (Wildman–Crippen LogP) is 0.960. The number of hydrogen-bond acceptors (Lipinski definition) is 4. The molecule has 2 heterocycles. The minimum Gasteiger partial charge on any atom is -0.383 e. The van der Waals surface area contributed by atoms with Crippen LogP contribution in [0.5, 0.6) is 0 Å². The summed E-state index contributed by atoms with van der Waals surface area (Å²) < 4.78 is 3.37. The van der Waals surface area contributed by atoms with Crippen molar-refractivity contribution in [2.24, 2.45) is 0 Å². The summed E-state index contributed by atoms with van der Waals surface area (Å²) >= 11 is 0. The molecule has 0 unspecified atom stereocenters.